The summed E-state index contributed by atoms with van der Waals surface area (Å²) in [4.78, 5) is 10.6. The summed E-state index contributed by atoms with van der Waals surface area (Å²) in [5.74, 6) is 0. The van der Waals surface area contributed by atoms with Gasteiger partial charge in [-0.25, -0.2) is 0 Å². The molecule has 1 aliphatic rings. The van der Waals surface area contributed by atoms with Gasteiger partial charge in [-0.05, 0) is 29.9 Å². The molecule has 1 fully saturated rings. The van der Waals surface area contributed by atoms with E-state index in [1.807, 2.05) is 0 Å². The van der Waals surface area contributed by atoms with Crippen LogP contribution in [0.15, 0.2) is 0 Å². The predicted octanol–water partition coefficient (Wildman–Crippen LogP) is 2.72. The fourth-order valence-corrected chi connectivity index (χ4v) is 2.06. The van der Waals surface area contributed by atoms with Gasteiger partial charge in [0.25, 0.3) is 0 Å². The lowest BCUT2D eigenvalue weighted by molar-refractivity contribution is -0.113. The SMILES string of the molecule is CC1(CC(=O)Cl)CCCC1. The molecule has 0 saturated heterocycles. The number of rotatable bonds is 2. The number of carbonyl (C=O) groups is 1. The van der Waals surface area contributed by atoms with Crippen molar-refractivity contribution in [2.24, 2.45) is 5.41 Å². The van der Waals surface area contributed by atoms with E-state index in [2.05, 4.69) is 6.92 Å². The highest BCUT2D eigenvalue weighted by Crippen LogP contribution is 2.40. The highest BCUT2D eigenvalue weighted by atomic mass is 35.5. The van der Waals surface area contributed by atoms with Crippen molar-refractivity contribution < 1.29 is 4.79 Å². The molecule has 1 rings (SSSR count). The lowest BCUT2D eigenvalue weighted by Crippen LogP contribution is -2.13. The van der Waals surface area contributed by atoms with Crippen molar-refractivity contribution in [3.63, 3.8) is 0 Å². The van der Waals surface area contributed by atoms with Crippen molar-refractivity contribution in [3.05, 3.63) is 0 Å². The third kappa shape index (κ3) is 1.98. The van der Waals surface area contributed by atoms with Crippen molar-refractivity contribution in [3.8, 4) is 0 Å². The van der Waals surface area contributed by atoms with Gasteiger partial charge in [0, 0.05) is 6.42 Å². The largest absolute Gasteiger partial charge is 0.281 e. The summed E-state index contributed by atoms with van der Waals surface area (Å²) in [6.45, 7) is 2.15. The number of hydrogen-bond donors (Lipinski definition) is 0. The minimum Gasteiger partial charge on any atom is -0.281 e. The maximum atomic E-state index is 10.6. The van der Waals surface area contributed by atoms with E-state index in [0.717, 1.165) is 0 Å². The highest BCUT2D eigenvalue weighted by molar-refractivity contribution is 6.63. The summed E-state index contributed by atoms with van der Waals surface area (Å²) in [7, 11) is 0. The monoisotopic (exact) mass is 160 g/mol. The Kier molecular flexibility index (Phi) is 2.35. The van der Waals surface area contributed by atoms with Gasteiger partial charge in [-0.2, -0.15) is 0 Å². The summed E-state index contributed by atoms with van der Waals surface area (Å²) in [5.41, 5.74) is 0.235. The second-order valence-electron chi connectivity index (χ2n) is 3.55. The molecule has 1 saturated carbocycles. The summed E-state index contributed by atoms with van der Waals surface area (Å²) in [6.07, 6.45) is 5.44. The van der Waals surface area contributed by atoms with Gasteiger partial charge in [0.1, 0.15) is 0 Å². The van der Waals surface area contributed by atoms with Gasteiger partial charge in [0.15, 0.2) is 0 Å². The maximum Gasteiger partial charge on any atom is 0.222 e. The predicted molar refractivity (Wildman–Crippen MR) is 42.1 cm³/mol. The van der Waals surface area contributed by atoms with Crippen LogP contribution in [0.4, 0.5) is 0 Å². The summed E-state index contributed by atoms with van der Waals surface area (Å²) in [6, 6.07) is 0. The molecular formula is C8H13ClO. The topological polar surface area (TPSA) is 17.1 Å². The smallest absolute Gasteiger partial charge is 0.222 e. The van der Waals surface area contributed by atoms with Crippen LogP contribution in [-0.2, 0) is 4.79 Å². The molecule has 0 aromatic heterocycles. The Bertz CT molecular complexity index is 136. The Balaban J connectivity index is 2.43. The number of carbonyl (C=O) groups excluding carboxylic acids is 1. The van der Waals surface area contributed by atoms with Crippen LogP contribution in [0.3, 0.4) is 0 Å². The van der Waals surface area contributed by atoms with Crippen LogP contribution in [0.1, 0.15) is 39.0 Å². The Labute approximate surface area is 66.8 Å². The molecule has 0 unspecified atom stereocenters. The molecule has 0 atom stereocenters. The van der Waals surface area contributed by atoms with E-state index in [1.54, 1.807) is 0 Å². The fourth-order valence-electron chi connectivity index (χ4n) is 1.74. The van der Waals surface area contributed by atoms with Gasteiger partial charge in [-0.15, -0.1) is 0 Å². The van der Waals surface area contributed by atoms with E-state index in [0.29, 0.717) is 6.42 Å². The molecule has 0 N–H and O–H groups in total. The second-order valence-corrected chi connectivity index (χ2v) is 3.97. The molecular weight excluding hydrogens is 148 g/mol. The molecule has 0 radical (unpaired) electrons. The van der Waals surface area contributed by atoms with E-state index in [4.69, 9.17) is 11.6 Å². The van der Waals surface area contributed by atoms with Gasteiger partial charge < -0.3 is 0 Å². The van der Waals surface area contributed by atoms with Crippen LogP contribution < -0.4 is 0 Å². The normalized spacial score (nSPS) is 23.0. The second kappa shape index (κ2) is 2.91. The first kappa shape index (κ1) is 8.06. The molecule has 1 aliphatic carbocycles. The fraction of sp³-hybridized carbons (Fsp3) is 0.875. The summed E-state index contributed by atoms with van der Waals surface area (Å²) < 4.78 is 0. The van der Waals surface area contributed by atoms with Gasteiger partial charge in [0.2, 0.25) is 5.24 Å². The van der Waals surface area contributed by atoms with Crippen molar-refractivity contribution in [2.45, 2.75) is 39.0 Å². The van der Waals surface area contributed by atoms with Gasteiger partial charge in [-0.1, -0.05) is 19.8 Å². The molecule has 0 aliphatic heterocycles. The Morgan fingerprint density at radius 3 is 2.40 bits per heavy atom. The first-order valence-electron chi connectivity index (χ1n) is 3.81. The zero-order chi connectivity index (χ0) is 7.61. The molecule has 0 heterocycles. The first-order chi connectivity index (χ1) is 4.62. The average Bonchev–Trinajstić information content (AvgIpc) is 2.12. The van der Waals surface area contributed by atoms with E-state index in [9.17, 15) is 4.79 Å². The van der Waals surface area contributed by atoms with Crippen LogP contribution in [0, 0.1) is 5.41 Å². The minimum atomic E-state index is -0.176. The molecule has 58 valence electrons. The number of hydrogen-bond acceptors (Lipinski definition) is 1. The maximum absolute atomic E-state index is 10.6. The molecule has 0 aromatic rings. The molecule has 10 heavy (non-hydrogen) atoms. The van der Waals surface area contributed by atoms with Crippen LogP contribution in [-0.4, -0.2) is 5.24 Å². The minimum absolute atomic E-state index is 0.176. The molecule has 1 nitrogen and oxygen atoms in total. The summed E-state index contributed by atoms with van der Waals surface area (Å²) >= 11 is 5.31. The highest BCUT2D eigenvalue weighted by Gasteiger charge is 2.30. The van der Waals surface area contributed by atoms with Crippen LogP contribution in [0.2, 0.25) is 0 Å². The van der Waals surface area contributed by atoms with Crippen molar-refractivity contribution >= 4 is 16.8 Å². The lowest BCUT2D eigenvalue weighted by Gasteiger charge is -2.20. The zero-order valence-electron chi connectivity index (χ0n) is 6.32. The van der Waals surface area contributed by atoms with E-state index in [1.165, 1.54) is 25.7 Å². The van der Waals surface area contributed by atoms with E-state index >= 15 is 0 Å². The van der Waals surface area contributed by atoms with Crippen molar-refractivity contribution in [1.82, 2.24) is 0 Å². The van der Waals surface area contributed by atoms with Gasteiger partial charge in [0.05, 0.1) is 0 Å². The van der Waals surface area contributed by atoms with Crippen molar-refractivity contribution in [2.75, 3.05) is 0 Å². The van der Waals surface area contributed by atoms with Gasteiger partial charge in [-0.3, -0.25) is 4.79 Å². The van der Waals surface area contributed by atoms with E-state index < -0.39 is 0 Å². The van der Waals surface area contributed by atoms with E-state index in [-0.39, 0.29) is 10.7 Å². The third-order valence-corrected chi connectivity index (χ3v) is 2.51. The number of halogens is 1. The van der Waals surface area contributed by atoms with Crippen LogP contribution in [0.25, 0.3) is 0 Å². The molecule has 2 heteroatoms. The van der Waals surface area contributed by atoms with Gasteiger partial charge >= 0.3 is 0 Å². The van der Waals surface area contributed by atoms with Crippen LogP contribution >= 0.6 is 11.6 Å². The third-order valence-electron chi connectivity index (χ3n) is 2.38. The Morgan fingerprint density at radius 1 is 1.50 bits per heavy atom. The Morgan fingerprint density at radius 2 is 2.00 bits per heavy atom. The molecule has 0 bridgehead atoms. The zero-order valence-corrected chi connectivity index (χ0v) is 7.08. The van der Waals surface area contributed by atoms with Crippen molar-refractivity contribution in [1.29, 1.82) is 0 Å². The standard InChI is InChI=1S/C8H13ClO/c1-8(6-7(9)10)4-2-3-5-8/h2-6H2,1H3. The summed E-state index contributed by atoms with van der Waals surface area (Å²) in [5, 5.41) is -0.176. The molecule has 0 aromatic carbocycles. The lowest BCUT2D eigenvalue weighted by atomic mass is 9.86. The first-order valence-corrected chi connectivity index (χ1v) is 4.19. The van der Waals surface area contributed by atoms with Crippen LogP contribution in [0.5, 0.6) is 0 Å². The Hall–Kier alpha value is -0.0400. The molecule has 0 spiro atoms. The molecule has 0 amide bonds. The quantitative estimate of drug-likeness (QED) is 0.568. The average molecular weight is 161 g/mol.